The van der Waals surface area contributed by atoms with Gasteiger partial charge in [-0.25, -0.2) is 13.1 Å². The Morgan fingerprint density at radius 3 is 2.33 bits per heavy atom. The minimum absolute atomic E-state index is 0.137. The number of nitrogens with one attached hydrogen (secondary N) is 2. The Kier molecular flexibility index (Phi) is 7.12. The van der Waals surface area contributed by atoms with Crippen LogP contribution in [0.3, 0.4) is 0 Å². The molecule has 1 atom stereocenters. The Bertz CT molecular complexity index is 893. The summed E-state index contributed by atoms with van der Waals surface area (Å²) in [6.07, 6.45) is 0.261. The molecule has 0 aliphatic heterocycles. The number of ether oxygens (including phenoxy) is 1. The molecule has 0 saturated carbocycles. The van der Waals surface area contributed by atoms with Crippen LogP contribution in [0.15, 0.2) is 47.4 Å². The lowest BCUT2D eigenvalue weighted by molar-refractivity contribution is -0.115. The summed E-state index contributed by atoms with van der Waals surface area (Å²) in [5.74, 6) is -0.152. The number of carbonyl (C=O) groups is 1. The van der Waals surface area contributed by atoms with E-state index in [2.05, 4.69) is 10.0 Å². The van der Waals surface area contributed by atoms with E-state index in [1.165, 1.54) is 24.8 Å². The van der Waals surface area contributed by atoms with Gasteiger partial charge in [-0.2, -0.15) is 0 Å². The van der Waals surface area contributed by atoms with Gasteiger partial charge in [0.15, 0.2) is 0 Å². The van der Waals surface area contributed by atoms with E-state index in [1.807, 2.05) is 32.0 Å². The summed E-state index contributed by atoms with van der Waals surface area (Å²) in [4.78, 5) is 12.4. The summed E-state index contributed by atoms with van der Waals surface area (Å²) in [6, 6.07) is 11.7. The summed E-state index contributed by atoms with van der Waals surface area (Å²) >= 11 is 0. The first-order valence-electron chi connectivity index (χ1n) is 8.68. The van der Waals surface area contributed by atoms with Crippen molar-refractivity contribution in [2.45, 2.75) is 38.1 Å². The van der Waals surface area contributed by atoms with Crippen molar-refractivity contribution in [1.82, 2.24) is 4.72 Å². The number of hydrogen-bond donors (Lipinski definition) is 2. The van der Waals surface area contributed by atoms with E-state index < -0.39 is 10.0 Å². The van der Waals surface area contributed by atoms with E-state index in [-0.39, 0.29) is 29.9 Å². The van der Waals surface area contributed by atoms with Crippen LogP contribution in [0.2, 0.25) is 0 Å². The maximum Gasteiger partial charge on any atom is 0.240 e. The van der Waals surface area contributed by atoms with Gasteiger partial charge in [-0.05, 0) is 61.7 Å². The Balaban J connectivity index is 2.00. The Morgan fingerprint density at radius 2 is 1.74 bits per heavy atom. The van der Waals surface area contributed by atoms with Crippen molar-refractivity contribution in [2.24, 2.45) is 0 Å². The molecule has 7 heteroatoms. The molecule has 0 spiro atoms. The first-order valence-corrected chi connectivity index (χ1v) is 10.2. The van der Waals surface area contributed by atoms with Crippen LogP contribution in [0.1, 0.15) is 23.6 Å². The van der Waals surface area contributed by atoms with Crippen molar-refractivity contribution < 1.29 is 17.9 Å². The highest BCUT2D eigenvalue weighted by atomic mass is 32.2. The number of methoxy groups -OCH3 is 1. The summed E-state index contributed by atoms with van der Waals surface area (Å²) in [6.45, 7) is 6.05. The van der Waals surface area contributed by atoms with E-state index >= 15 is 0 Å². The molecule has 2 aromatic carbocycles. The molecule has 0 heterocycles. The second kappa shape index (κ2) is 9.12. The number of benzene rings is 2. The van der Waals surface area contributed by atoms with Crippen LogP contribution in [0.25, 0.3) is 0 Å². The van der Waals surface area contributed by atoms with Crippen LogP contribution in [0.5, 0.6) is 0 Å². The predicted octanol–water partition coefficient (Wildman–Crippen LogP) is 2.80. The van der Waals surface area contributed by atoms with Gasteiger partial charge < -0.3 is 10.1 Å². The SMILES string of the molecule is COC[C@H](C)NS(=O)(=O)c1ccc(NC(=O)Cc2ccc(C)c(C)c2)cc1. The molecular weight excluding hydrogens is 364 g/mol. The largest absolute Gasteiger partial charge is 0.383 e. The molecule has 0 unspecified atom stereocenters. The third kappa shape index (κ3) is 6.16. The number of hydrogen-bond acceptors (Lipinski definition) is 4. The van der Waals surface area contributed by atoms with Crippen molar-refractivity contribution in [2.75, 3.05) is 19.0 Å². The van der Waals surface area contributed by atoms with Crippen LogP contribution < -0.4 is 10.0 Å². The fraction of sp³-hybridized carbons (Fsp3) is 0.350. The summed E-state index contributed by atoms with van der Waals surface area (Å²) in [5, 5.41) is 2.79. The van der Waals surface area contributed by atoms with Gasteiger partial charge in [-0.3, -0.25) is 4.79 Å². The quantitative estimate of drug-likeness (QED) is 0.726. The van der Waals surface area contributed by atoms with Crippen molar-refractivity contribution >= 4 is 21.6 Å². The molecule has 0 bridgehead atoms. The van der Waals surface area contributed by atoms with Crippen LogP contribution in [-0.4, -0.2) is 34.1 Å². The van der Waals surface area contributed by atoms with Gasteiger partial charge in [0.05, 0.1) is 17.9 Å². The third-order valence-corrected chi connectivity index (χ3v) is 5.76. The average molecular weight is 391 g/mol. The lowest BCUT2D eigenvalue weighted by atomic mass is 10.0. The van der Waals surface area contributed by atoms with Crippen LogP contribution in [-0.2, 0) is 26.0 Å². The second-order valence-electron chi connectivity index (χ2n) is 6.65. The number of aryl methyl sites for hydroxylation is 2. The van der Waals surface area contributed by atoms with Gasteiger partial charge in [0.25, 0.3) is 0 Å². The maximum absolute atomic E-state index is 12.3. The fourth-order valence-electron chi connectivity index (χ4n) is 2.64. The van der Waals surface area contributed by atoms with Gasteiger partial charge in [0.2, 0.25) is 15.9 Å². The number of sulfonamides is 1. The molecule has 146 valence electrons. The fourth-order valence-corrected chi connectivity index (χ4v) is 3.87. The van der Waals surface area contributed by atoms with E-state index in [9.17, 15) is 13.2 Å². The van der Waals surface area contributed by atoms with Gasteiger partial charge >= 0.3 is 0 Å². The zero-order chi connectivity index (χ0) is 20.0. The molecule has 27 heavy (non-hydrogen) atoms. The first-order chi connectivity index (χ1) is 12.7. The lowest BCUT2D eigenvalue weighted by Crippen LogP contribution is -2.35. The molecule has 2 rings (SSSR count). The Hall–Kier alpha value is -2.22. The molecule has 0 aliphatic carbocycles. The van der Waals surface area contributed by atoms with E-state index in [1.54, 1.807) is 19.1 Å². The van der Waals surface area contributed by atoms with Crippen molar-refractivity contribution in [3.05, 3.63) is 59.2 Å². The minimum Gasteiger partial charge on any atom is -0.383 e. The van der Waals surface area contributed by atoms with Crippen molar-refractivity contribution in [1.29, 1.82) is 0 Å². The zero-order valence-electron chi connectivity index (χ0n) is 16.1. The van der Waals surface area contributed by atoms with Gasteiger partial charge in [0, 0.05) is 18.8 Å². The lowest BCUT2D eigenvalue weighted by Gasteiger charge is -2.13. The average Bonchev–Trinajstić information content (AvgIpc) is 2.58. The predicted molar refractivity (Wildman–Crippen MR) is 106 cm³/mol. The maximum atomic E-state index is 12.3. The van der Waals surface area contributed by atoms with Gasteiger partial charge in [-0.1, -0.05) is 18.2 Å². The molecule has 2 N–H and O–H groups in total. The molecule has 0 radical (unpaired) electrons. The molecule has 2 aromatic rings. The normalized spacial score (nSPS) is 12.6. The zero-order valence-corrected chi connectivity index (χ0v) is 16.9. The highest BCUT2D eigenvalue weighted by molar-refractivity contribution is 7.89. The van der Waals surface area contributed by atoms with Crippen molar-refractivity contribution in [3.8, 4) is 0 Å². The number of anilines is 1. The number of amides is 1. The van der Waals surface area contributed by atoms with Crippen LogP contribution in [0.4, 0.5) is 5.69 Å². The smallest absolute Gasteiger partial charge is 0.240 e. The third-order valence-electron chi connectivity index (χ3n) is 4.16. The van der Waals surface area contributed by atoms with E-state index in [0.717, 1.165) is 11.1 Å². The second-order valence-corrected chi connectivity index (χ2v) is 8.36. The number of carbonyl (C=O) groups excluding carboxylic acids is 1. The van der Waals surface area contributed by atoms with E-state index in [4.69, 9.17) is 4.74 Å². The Morgan fingerprint density at radius 1 is 1.07 bits per heavy atom. The molecule has 0 fully saturated rings. The molecule has 1 amide bonds. The molecule has 0 aliphatic rings. The van der Waals surface area contributed by atoms with Crippen LogP contribution >= 0.6 is 0 Å². The summed E-state index contributed by atoms with van der Waals surface area (Å²) in [7, 11) is -2.11. The first kappa shape index (κ1) is 21.1. The highest BCUT2D eigenvalue weighted by Gasteiger charge is 2.17. The van der Waals surface area contributed by atoms with Gasteiger partial charge in [0.1, 0.15) is 0 Å². The van der Waals surface area contributed by atoms with Crippen molar-refractivity contribution in [3.63, 3.8) is 0 Å². The highest BCUT2D eigenvalue weighted by Crippen LogP contribution is 2.16. The standard InChI is InChI=1S/C20H26N2O4S/c1-14-5-6-17(11-15(14)2)12-20(23)21-18-7-9-19(10-8-18)27(24,25)22-16(3)13-26-4/h5-11,16,22H,12-13H2,1-4H3,(H,21,23)/t16-/m0/s1. The molecule has 0 saturated heterocycles. The molecular formula is C20H26N2O4S. The monoisotopic (exact) mass is 390 g/mol. The summed E-state index contributed by atoms with van der Waals surface area (Å²) in [5.41, 5.74) is 3.81. The molecule has 0 aromatic heterocycles. The number of rotatable bonds is 8. The van der Waals surface area contributed by atoms with E-state index in [0.29, 0.717) is 5.69 Å². The van der Waals surface area contributed by atoms with Gasteiger partial charge in [-0.15, -0.1) is 0 Å². The minimum atomic E-state index is -3.63. The molecule has 6 nitrogen and oxygen atoms in total. The Labute approximate surface area is 161 Å². The topological polar surface area (TPSA) is 84.5 Å². The van der Waals surface area contributed by atoms with Crippen LogP contribution in [0, 0.1) is 13.8 Å². The summed E-state index contributed by atoms with van der Waals surface area (Å²) < 4.78 is 32.1.